The number of anilines is 1. The van der Waals surface area contributed by atoms with Gasteiger partial charge in [-0.1, -0.05) is 55.8 Å². The van der Waals surface area contributed by atoms with E-state index < -0.39 is 0 Å². The van der Waals surface area contributed by atoms with Gasteiger partial charge in [0, 0.05) is 11.7 Å². The Morgan fingerprint density at radius 3 is 2.66 bits per heavy atom. The molecule has 4 nitrogen and oxygen atoms in total. The van der Waals surface area contributed by atoms with Gasteiger partial charge in [0.15, 0.2) is 5.50 Å². The van der Waals surface area contributed by atoms with E-state index in [0.29, 0.717) is 10.4 Å². The highest BCUT2D eigenvalue weighted by atomic mass is 79.9. The standard InChI is InChI=1S/C23H25BrN2O2S/c1-15-7-5-6-10-19(15)26-22(28)21(14-16-11-12-20(27)18(24)13-16)29-23(26)25-17-8-3-2-4-9-17/h2-4,8-9,11-15,19,23,25,27H,5-7,10H2,1H3/b21-14-/t15-,19-,23?/m1/s1. The minimum Gasteiger partial charge on any atom is -0.507 e. The van der Waals surface area contributed by atoms with Gasteiger partial charge in [-0.2, -0.15) is 0 Å². The summed E-state index contributed by atoms with van der Waals surface area (Å²) in [5.74, 6) is 0.778. The van der Waals surface area contributed by atoms with Crippen LogP contribution in [0, 0.1) is 5.92 Å². The van der Waals surface area contributed by atoms with Crippen LogP contribution in [0.1, 0.15) is 38.2 Å². The third-order valence-electron chi connectivity index (χ3n) is 5.69. The van der Waals surface area contributed by atoms with Gasteiger partial charge in [0.1, 0.15) is 5.75 Å². The third kappa shape index (κ3) is 4.48. The van der Waals surface area contributed by atoms with Crippen LogP contribution in [0.4, 0.5) is 5.69 Å². The first-order valence-corrected chi connectivity index (χ1v) is 11.7. The van der Waals surface area contributed by atoms with Crippen LogP contribution >= 0.6 is 27.7 Å². The summed E-state index contributed by atoms with van der Waals surface area (Å²) < 4.78 is 0.624. The Morgan fingerprint density at radius 2 is 1.93 bits per heavy atom. The zero-order valence-corrected chi connectivity index (χ0v) is 18.7. The molecule has 1 saturated carbocycles. The first-order chi connectivity index (χ1) is 14.0. The van der Waals surface area contributed by atoms with Gasteiger partial charge < -0.3 is 15.3 Å². The number of hydrogen-bond donors (Lipinski definition) is 2. The number of carbonyl (C=O) groups excluding carboxylic acids is 1. The number of nitrogens with zero attached hydrogens (tertiary/aromatic N) is 1. The molecular weight excluding hydrogens is 448 g/mol. The molecule has 2 aromatic carbocycles. The molecule has 2 N–H and O–H groups in total. The molecule has 1 saturated heterocycles. The van der Waals surface area contributed by atoms with Crippen LogP contribution in [-0.2, 0) is 4.79 Å². The number of hydrogen-bond acceptors (Lipinski definition) is 4. The number of rotatable bonds is 4. The average molecular weight is 473 g/mol. The van der Waals surface area contributed by atoms with Crippen molar-refractivity contribution in [1.82, 2.24) is 4.90 Å². The Hall–Kier alpha value is -1.92. The van der Waals surface area contributed by atoms with Crippen LogP contribution in [0.25, 0.3) is 6.08 Å². The largest absolute Gasteiger partial charge is 0.507 e. The lowest BCUT2D eigenvalue weighted by Gasteiger charge is -2.39. The highest BCUT2D eigenvalue weighted by Crippen LogP contribution is 2.42. The number of amides is 1. The molecular formula is C23H25BrN2O2S. The molecule has 4 rings (SSSR count). The summed E-state index contributed by atoms with van der Waals surface area (Å²) in [6.07, 6.45) is 6.56. The van der Waals surface area contributed by atoms with Crippen molar-refractivity contribution >= 4 is 45.4 Å². The van der Waals surface area contributed by atoms with Crippen molar-refractivity contribution in [3.8, 4) is 5.75 Å². The summed E-state index contributed by atoms with van der Waals surface area (Å²) in [5.41, 5.74) is 1.78. The molecule has 6 heteroatoms. The summed E-state index contributed by atoms with van der Waals surface area (Å²) in [4.78, 5) is 16.2. The van der Waals surface area contributed by atoms with Crippen LogP contribution < -0.4 is 5.32 Å². The van der Waals surface area contributed by atoms with Gasteiger partial charge in [-0.15, -0.1) is 0 Å². The number of thioether (sulfide) groups is 1. The Morgan fingerprint density at radius 1 is 1.17 bits per heavy atom. The predicted molar refractivity (Wildman–Crippen MR) is 123 cm³/mol. The predicted octanol–water partition coefficient (Wildman–Crippen LogP) is 6.05. The molecule has 2 aliphatic rings. The van der Waals surface area contributed by atoms with Gasteiger partial charge >= 0.3 is 0 Å². The van der Waals surface area contributed by atoms with Gasteiger partial charge in [0.2, 0.25) is 0 Å². The normalized spacial score (nSPS) is 26.1. The summed E-state index contributed by atoms with van der Waals surface area (Å²) >= 11 is 4.93. The van der Waals surface area contributed by atoms with E-state index in [1.165, 1.54) is 19.3 Å². The van der Waals surface area contributed by atoms with E-state index >= 15 is 0 Å². The molecule has 3 atom stereocenters. The number of halogens is 1. The molecule has 0 radical (unpaired) electrons. The van der Waals surface area contributed by atoms with Gasteiger partial charge in [-0.3, -0.25) is 4.79 Å². The van der Waals surface area contributed by atoms with Crippen LogP contribution in [-0.4, -0.2) is 27.5 Å². The van der Waals surface area contributed by atoms with E-state index in [0.717, 1.165) is 22.6 Å². The molecule has 1 aliphatic carbocycles. The summed E-state index contributed by atoms with van der Waals surface area (Å²) in [5, 5.41) is 13.3. The maximum atomic E-state index is 13.4. The van der Waals surface area contributed by atoms with Crippen LogP contribution in [0.3, 0.4) is 0 Å². The van der Waals surface area contributed by atoms with Crippen molar-refractivity contribution in [2.24, 2.45) is 5.92 Å². The van der Waals surface area contributed by atoms with Crippen molar-refractivity contribution in [3.05, 3.63) is 63.5 Å². The number of phenolic OH excluding ortho intramolecular Hbond substituents is 1. The van der Waals surface area contributed by atoms with E-state index in [-0.39, 0.29) is 23.2 Å². The van der Waals surface area contributed by atoms with E-state index in [9.17, 15) is 9.90 Å². The lowest BCUT2D eigenvalue weighted by Crippen LogP contribution is -2.48. The molecule has 29 heavy (non-hydrogen) atoms. The highest BCUT2D eigenvalue weighted by Gasteiger charge is 2.42. The molecule has 0 bridgehead atoms. The molecule has 2 fully saturated rings. The van der Waals surface area contributed by atoms with E-state index in [1.807, 2.05) is 48.5 Å². The number of nitrogens with one attached hydrogen (secondary N) is 1. The van der Waals surface area contributed by atoms with Gasteiger partial charge in [0.25, 0.3) is 5.91 Å². The topological polar surface area (TPSA) is 52.6 Å². The first kappa shape index (κ1) is 20.4. The molecule has 2 aromatic rings. The fourth-order valence-electron chi connectivity index (χ4n) is 4.13. The van der Waals surface area contributed by atoms with E-state index in [4.69, 9.17) is 0 Å². The van der Waals surface area contributed by atoms with E-state index in [1.54, 1.807) is 17.8 Å². The molecule has 1 unspecified atom stereocenters. The van der Waals surface area contributed by atoms with Crippen LogP contribution in [0.15, 0.2) is 57.9 Å². The molecule has 1 heterocycles. The average Bonchev–Trinajstić information content (AvgIpc) is 3.01. The van der Waals surface area contributed by atoms with Gasteiger partial charge in [-0.25, -0.2) is 0 Å². The van der Waals surface area contributed by atoms with Crippen molar-refractivity contribution < 1.29 is 9.90 Å². The monoisotopic (exact) mass is 472 g/mol. The zero-order chi connectivity index (χ0) is 20.4. The number of carbonyl (C=O) groups is 1. The van der Waals surface area contributed by atoms with Crippen molar-refractivity contribution in [3.63, 3.8) is 0 Å². The maximum Gasteiger partial charge on any atom is 0.262 e. The van der Waals surface area contributed by atoms with E-state index in [2.05, 4.69) is 33.1 Å². The molecule has 1 amide bonds. The Balaban J connectivity index is 1.65. The summed E-state index contributed by atoms with van der Waals surface area (Å²) in [6.45, 7) is 2.26. The first-order valence-electron chi connectivity index (χ1n) is 10.0. The van der Waals surface area contributed by atoms with Crippen molar-refractivity contribution in [2.75, 3.05) is 5.32 Å². The van der Waals surface area contributed by atoms with Gasteiger partial charge in [-0.05, 0) is 70.6 Å². The summed E-state index contributed by atoms with van der Waals surface area (Å²) in [7, 11) is 0. The quantitative estimate of drug-likeness (QED) is 0.532. The lowest BCUT2D eigenvalue weighted by molar-refractivity contribution is -0.129. The Bertz CT molecular complexity index is 918. The summed E-state index contributed by atoms with van der Waals surface area (Å²) in [6, 6.07) is 15.6. The minimum atomic E-state index is -0.123. The second-order valence-corrected chi connectivity index (χ2v) is 9.72. The molecule has 1 aliphatic heterocycles. The number of para-hydroxylation sites is 1. The zero-order valence-electron chi connectivity index (χ0n) is 16.3. The number of benzene rings is 2. The van der Waals surface area contributed by atoms with Crippen molar-refractivity contribution in [1.29, 1.82) is 0 Å². The SMILES string of the molecule is C[C@@H]1CCCC[C@H]1N1C(=O)/C(=C/c2ccc(O)c(Br)c2)SC1Nc1ccccc1. The number of phenols is 1. The second kappa shape index (κ2) is 8.84. The third-order valence-corrected chi connectivity index (χ3v) is 7.44. The fourth-order valence-corrected chi connectivity index (χ4v) is 5.74. The maximum absolute atomic E-state index is 13.4. The Kier molecular flexibility index (Phi) is 6.20. The highest BCUT2D eigenvalue weighted by molar-refractivity contribution is 9.10. The minimum absolute atomic E-state index is 0.0892. The van der Waals surface area contributed by atoms with Crippen LogP contribution in [0.5, 0.6) is 5.75 Å². The molecule has 0 spiro atoms. The Labute approximate surface area is 184 Å². The molecule has 152 valence electrons. The van der Waals surface area contributed by atoms with Crippen LogP contribution in [0.2, 0.25) is 0 Å². The fraction of sp³-hybridized carbons (Fsp3) is 0.348. The van der Waals surface area contributed by atoms with Crippen molar-refractivity contribution in [2.45, 2.75) is 44.1 Å². The number of aromatic hydroxyl groups is 1. The molecule has 0 aromatic heterocycles. The second-order valence-electron chi connectivity index (χ2n) is 7.74. The van der Waals surface area contributed by atoms with Gasteiger partial charge in [0.05, 0.1) is 9.38 Å². The lowest BCUT2D eigenvalue weighted by atomic mass is 9.85. The smallest absolute Gasteiger partial charge is 0.262 e.